The van der Waals surface area contributed by atoms with Crippen molar-refractivity contribution in [1.82, 2.24) is 5.32 Å². The molecule has 0 radical (unpaired) electrons. The fourth-order valence-corrected chi connectivity index (χ4v) is 2.00. The van der Waals surface area contributed by atoms with E-state index in [2.05, 4.69) is 17.6 Å². The number of ether oxygens (including phenoxy) is 1. The van der Waals surface area contributed by atoms with Crippen molar-refractivity contribution in [2.24, 2.45) is 0 Å². The number of benzene rings is 1. The molecule has 0 aliphatic rings. The molecule has 0 spiro atoms. The predicted octanol–water partition coefficient (Wildman–Crippen LogP) is 3.00. The van der Waals surface area contributed by atoms with Gasteiger partial charge >= 0.3 is 0 Å². The van der Waals surface area contributed by atoms with Gasteiger partial charge in [0, 0.05) is 12.5 Å². The monoisotopic (exact) mass is 325 g/mol. The Bertz CT molecular complexity index is 563. The van der Waals surface area contributed by atoms with Gasteiger partial charge in [-0.1, -0.05) is 19.8 Å². The molecule has 0 aromatic heterocycles. The van der Waals surface area contributed by atoms with Crippen LogP contribution >= 0.6 is 12.2 Å². The molecule has 1 rings (SSSR count). The standard InChI is InChI=1S/C14H19N3O4S/c1-3-4-5-6-13(18)16-14(22)15-11-8-7-10(17(19)20)9-12(11)21-2/h7-9H,3-6H2,1-2H3,(H2,15,16,18,22). The van der Waals surface area contributed by atoms with Gasteiger partial charge in [0.2, 0.25) is 5.91 Å². The van der Waals surface area contributed by atoms with Crippen molar-refractivity contribution in [3.63, 3.8) is 0 Å². The molecule has 0 heterocycles. The Kier molecular flexibility index (Phi) is 7.24. The van der Waals surface area contributed by atoms with Gasteiger partial charge in [-0.2, -0.15) is 0 Å². The van der Waals surface area contributed by atoms with Gasteiger partial charge in [0.1, 0.15) is 5.75 Å². The SMILES string of the molecule is CCCCCC(=O)NC(=S)Nc1ccc([N+](=O)[O-])cc1OC. The zero-order valence-corrected chi connectivity index (χ0v) is 13.4. The number of carbonyl (C=O) groups excluding carboxylic acids is 1. The Hall–Kier alpha value is -2.22. The molecular weight excluding hydrogens is 306 g/mol. The van der Waals surface area contributed by atoms with E-state index >= 15 is 0 Å². The Morgan fingerprint density at radius 3 is 2.73 bits per heavy atom. The second kappa shape index (κ2) is 8.93. The van der Waals surface area contributed by atoms with Crippen molar-refractivity contribution in [3.05, 3.63) is 28.3 Å². The van der Waals surface area contributed by atoms with Gasteiger partial charge in [-0.05, 0) is 24.7 Å². The topological polar surface area (TPSA) is 93.5 Å². The van der Waals surface area contributed by atoms with Crippen LogP contribution in [0.4, 0.5) is 11.4 Å². The molecule has 0 aliphatic heterocycles. The first kappa shape index (κ1) is 17.8. The number of nitrogens with one attached hydrogen (secondary N) is 2. The fraction of sp³-hybridized carbons (Fsp3) is 0.429. The van der Waals surface area contributed by atoms with E-state index < -0.39 is 4.92 Å². The minimum atomic E-state index is -0.514. The van der Waals surface area contributed by atoms with Crippen molar-refractivity contribution in [1.29, 1.82) is 0 Å². The molecule has 1 amide bonds. The molecule has 22 heavy (non-hydrogen) atoms. The highest BCUT2D eigenvalue weighted by Gasteiger charge is 2.13. The van der Waals surface area contributed by atoms with Crippen LogP contribution in [-0.2, 0) is 4.79 Å². The van der Waals surface area contributed by atoms with Crippen molar-refractivity contribution in [3.8, 4) is 5.75 Å². The van der Waals surface area contributed by atoms with E-state index in [4.69, 9.17) is 17.0 Å². The van der Waals surface area contributed by atoms with Crippen LogP contribution in [0, 0.1) is 10.1 Å². The average Bonchev–Trinajstić information content (AvgIpc) is 2.47. The van der Waals surface area contributed by atoms with Crippen LogP contribution in [0.1, 0.15) is 32.6 Å². The van der Waals surface area contributed by atoms with Gasteiger partial charge in [0.15, 0.2) is 5.11 Å². The summed E-state index contributed by atoms with van der Waals surface area (Å²) in [7, 11) is 1.40. The summed E-state index contributed by atoms with van der Waals surface area (Å²) < 4.78 is 5.08. The number of nitro benzene ring substituents is 1. The highest BCUT2D eigenvalue weighted by molar-refractivity contribution is 7.80. The molecule has 0 unspecified atom stereocenters. The van der Waals surface area contributed by atoms with Crippen LogP contribution < -0.4 is 15.4 Å². The molecule has 8 heteroatoms. The minimum absolute atomic E-state index is 0.0862. The first-order chi connectivity index (χ1) is 10.5. The number of unbranched alkanes of at least 4 members (excludes halogenated alkanes) is 2. The van der Waals surface area contributed by atoms with Gasteiger partial charge in [-0.25, -0.2) is 0 Å². The average molecular weight is 325 g/mol. The Morgan fingerprint density at radius 2 is 2.14 bits per heavy atom. The Balaban J connectivity index is 2.64. The highest BCUT2D eigenvalue weighted by atomic mass is 32.1. The number of amides is 1. The second-order valence-corrected chi connectivity index (χ2v) is 5.01. The molecule has 0 bridgehead atoms. The normalized spacial score (nSPS) is 9.91. The summed E-state index contributed by atoms with van der Waals surface area (Å²) in [6.07, 6.45) is 3.25. The number of nitrogens with zero attached hydrogens (tertiary/aromatic N) is 1. The molecule has 0 atom stereocenters. The molecule has 0 saturated heterocycles. The maximum atomic E-state index is 11.7. The largest absolute Gasteiger partial charge is 0.494 e. The zero-order valence-electron chi connectivity index (χ0n) is 12.5. The number of carbonyl (C=O) groups is 1. The minimum Gasteiger partial charge on any atom is -0.494 e. The summed E-state index contributed by atoms with van der Waals surface area (Å²) in [5.74, 6) is 0.114. The number of hydrogen-bond donors (Lipinski definition) is 2. The van der Waals surface area contributed by atoms with E-state index in [-0.39, 0.29) is 22.5 Å². The van der Waals surface area contributed by atoms with E-state index in [0.29, 0.717) is 12.1 Å². The summed E-state index contributed by atoms with van der Waals surface area (Å²) in [5, 5.41) is 16.2. The molecule has 0 fully saturated rings. The van der Waals surface area contributed by atoms with Gasteiger partial charge in [-0.15, -0.1) is 0 Å². The molecule has 0 aliphatic carbocycles. The molecule has 120 valence electrons. The van der Waals surface area contributed by atoms with Gasteiger partial charge < -0.3 is 15.4 Å². The van der Waals surface area contributed by atoms with Gasteiger partial charge in [0.25, 0.3) is 5.69 Å². The Morgan fingerprint density at radius 1 is 1.41 bits per heavy atom. The van der Waals surface area contributed by atoms with E-state index in [9.17, 15) is 14.9 Å². The number of methoxy groups -OCH3 is 1. The van der Waals surface area contributed by atoms with Crippen molar-refractivity contribution >= 4 is 34.6 Å². The number of anilines is 1. The number of hydrogen-bond acceptors (Lipinski definition) is 5. The third kappa shape index (κ3) is 5.65. The maximum absolute atomic E-state index is 11.7. The third-order valence-electron chi connectivity index (χ3n) is 2.90. The number of rotatable bonds is 7. The number of thiocarbonyl (C=S) groups is 1. The van der Waals surface area contributed by atoms with Crippen LogP contribution in [0.5, 0.6) is 5.75 Å². The van der Waals surface area contributed by atoms with Gasteiger partial charge in [0.05, 0.1) is 23.8 Å². The van der Waals surface area contributed by atoms with Crippen LogP contribution in [-0.4, -0.2) is 23.1 Å². The second-order valence-electron chi connectivity index (χ2n) is 4.60. The fourth-order valence-electron chi connectivity index (χ4n) is 1.77. The summed E-state index contributed by atoms with van der Waals surface area (Å²) in [6.45, 7) is 2.06. The van der Waals surface area contributed by atoms with E-state index in [0.717, 1.165) is 19.3 Å². The Labute approximate surface area is 134 Å². The number of nitro groups is 1. The van der Waals surface area contributed by atoms with Crippen LogP contribution in [0.25, 0.3) is 0 Å². The maximum Gasteiger partial charge on any atom is 0.273 e. The van der Waals surface area contributed by atoms with Gasteiger partial charge in [-0.3, -0.25) is 14.9 Å². The molecule has 1 aromatic rings. The molecule has 7 nitrogen and oxygen atoms in total. The van der Waals surface area contributed by atoms with Crippen LogP contribution in [0.3, 0.4) is 0 Å². The molecular formula is C14H19N3O4S. The smallest absolute Gasteiger partial charge is 0.273 e. The predicted molar refractivity (Wildman–Crippen MR) is 88.2 cm³/mol. The first-order valence-corrected chi connectivity index (χ1v) is 7.32. The van der Waals surface area contributed by atoms with Crippen LogP contribution in [0.15, 0.2) is 18.2 Å². The van der Waals surface area contributed by atoms with E-state index in [1.807, 2.05) is 0 Å². The summed E-state index contributed by atoms with van der Waals surface area (Å²) in [5.41, 5.74) is 0.365. The first-order valence-electron chi connectivity index (χ1n) is 6.91. The highest BCUT2D eigenvalue weighted by Crippen LogP contribution is 2.28. The molecule has 0 saturated carbocycles. The quantitative estimate of drug-likeness (QED) is 0.346. The lowest BCUT2D eigenvalue weighted by atomic mass is 10.2. The lowest BCUT2D eigenvalue weighted by molar-refractivity contribution is -0.384. The van der Waals surface area contributed by atoms with E-state index in [1.54, 1.807) is 0 Å². The summed E-state index contributed by atoms with van der Waals surface area (Å²) >= 11 is 5.05. The summed E-state index contributed by atoms with van der Waals surface area (Å²) in [6, 6.07) is 4.09. The molecule has 1 aromatic carbocycles. The van der Waals surface area contributed by atoms with E-state index in [1.165, 1.54) is 25.3 Å². The van der Waals surface area contributed by atoms with Crippen LogP contribution in [0.2, 0.25) is 0 Å². The lowest BCUT2D eigenvalue weighted by Crippen LogP contribution is -2.34. The van der Waals surface area contributed by atoms with Crippen molar-refractivity contribution < 1.29 is 14.5 Å². The molecule has 2 N–H and O–H groups in total. The van der Waals surface area contributed by atoms with Crippen molar-refractivity contribution in [2.75, 3.05) is 12.4 Å². The lowest BCUT2D eigenvalue weighted by Gasteiger charge is -2.12. The van der Waals surface area contributed by atoms with Crippen molar-refractivity contribution in [2.45, 2.75) is 32.6 Å². The zero-order chi connectivity index (χ0) is 16.5. The number of non-ortho nitro benzene ring substituents is 1. The third-order valence-corrected chi connectivity index (χ3v) is 3.11. The summed E-state index contributed by atoms with van der Waals surface area (Å²) in [4.78, 5) is 21.9.